The second-order valence-corrected chi connectivity index (χ2v) is 9.20. The number of ether oxygens (including phenoxy) is 1. The van der Waals surface area contributed by atoms with E-state index in [0.717, 1.165) is 22.3 Å². The Morgan fingerprint density at radius 3 is 2.22 bits per heavy atom. The number of carbonyl (C=O) groups is 1. The van der Waals surface area contributed by atoms with Crippen LogP contribution >= 0.6 is 0 Å². The van der Waals surface area contributed by atoms with E-state index in [1.165, 1.54) is 24.3 Å². The molecule has 0 aliphatic carbocycles. The van der Waals surface area contributed by atoms with Crippen LogP contribution in [0.2, 0.25) is 0 Å². The van der Waals surface area contributed by atoms with Gasteiger partial charge in [-0.05, 0) is 73.4 Å². The summed E-state index contributed by atoms with van der Waals surface area (Å²) in [5, 5.41) is 2.85. The zero-order valence-corrected chi connectivity index (χ0v) is 19.3. The van der Waals surface area contributed by atoms with Crippen molar-refractivity contribution in [2.75, 3.05) is 11.3 Å². The summed E-state index contributed by atoms with van der Waals surface area (Å²) in [5.74, 6) is -0.269. The Labute approximate surface area is 189 Å². The Bertz CT molecular complexity index is 1170. The van der Waals surface area contributed by atoms with Crippen LogP contribution in [0.3, 0.4) is 0 Å². The molecular weight excluding hydrogens is 424 g/mol. The lowest BCUT2D eigenvalue weighted by molar-refractivity contribution is 0.0950. The summed E-state index contributed by atoms with van der Waals surface area (Å²) in [6, 6.07) is 19.2. The van der Waals surface area contributed by atoms with E-state index in [4.69, 9.17) is 4.74 Å². The molecule has 32 heavy (non-hydrogen) atoms. The van der Waals surface area contributed by atoms with Crippen LogP contribution in [-0.4, -0.2) is 20.9 Å². The first-order valence-corrected chi connectivity index (χ1v) is 11.9. The molecule has 0 heterocycles. The molecular formula is C25H28N2O4S. The van der Waals surface area contributed by atoms with Gasteiger partial charge >= 0.3 is 0 Å². The number of hydrogen-bond acceptors (Lipinski definition) is 4. The van der Waals surface area contributed by atoms with Crippen LogP contribution in [-0.2, 0) is 27.9 Å². The predicted molar refractivity (Wildman–Crippen MR) is 126 cm³/mol. The Hall–Kier alpha value is -3.16. The van der Waals surface area contributed by atoms with Crippen molar-refractivity contribution in [2.24, 2.45) is 0 Å². The minimum atomic E-state index is -3.75. The first-order valence-electron chi connectivity index (χ1n) is 10.4. The van der Waals surface area contributed by atoms with Crippen molar-refractivity contribution >= 4 is 21.6 Å². The van der Waals surface area contributed by atoms with Crippen LogP contribution < -0.4 is 10.0 Å². The summed E-state index contributed by atoms with van der Waals surface area (Å²) in [5.41, 5.74) is 4.85. The first kappa shape index (κ1) is 23.5. The highest BCUT2D eigenvalue weighted by Crippen LogP contribution is 2.22. The maximum atomic E-state index is 12.7. The number of sulfonamides is 1. The lowest BCUT2D eigenvalue weighted by Crippen LogP contribution is -2.23. The van der Waals surface area contributed by atoms with Gasteiger partial charge in [-0.2, -0.15) is 0 Å². The molecule has 0 bridgehead atoms. The molecule has 2 N–H and O–H groups in total. The van der Waals surface area contributed by atoms with E-state index in [0.29, 0.717) is 31.0 Å². The highest BCUT2D eigenvalue weighted by Gasteiger charge is 2.16. The smallest absolute Gasteiger partial charge is 0.261 e. The molecule has 1 amide bonds. The molecule has 3 aromatic carbocycles. The zero-order valence-electron chi connectivity index (χ0n) is 18.5. The molecule has 0 saturated carbocycles. The third-order valence-corrected chi connectivity index (χ3v) is 6.61. The maximum Gasteiger partial charge on any atom is 0.261 e. The van der Waals surface area contributed by atoms with Gasteiger partial charge in [0.25, 0.3) is 15.9 Å². The molecule has 0 aromatic heterocycles. The number of amides is 1. The van der Waals surface area contributed by atoms with E-state index in [-0.39, 0.29) is 10.8 Å². The molecule has 0 unspecified atom stereocenters. The maximum absolute atomic E-state index is 12.7. The fraction of sp³-hybridized carbons (Fsp3) is 0.240. The van der Waals surface area contributed by atoms with Crippen molar-refractivity contribution in [3.8, 4) is 0 Å². The molecule has 0 atom stereocenters. The SMILES string of the molecule is CCOCc1ccc(CNC(=O)c2ccc(S(=O)(=O)Nc3cccc(C)c3C)cc2)cc1. The van der Waals surface area contributed by atoms with Gasteiger partial charge in [0.15, 0.2) is 0 Å². The summed E-state index contributed by atoms with van der Waals surface area (Å²) in [7, 11) is -3.75. The van der Waals surface area contributed by atoms with Crippen LogP contribution in [0, 0.1) is 13.8 Å². The van der Waals surface area contributed by atoms with Crippen LogP contribution in [0.1, 0.15) is 39.5 Å². The fourth-order valence-corrected chi connectivity index (χ4v) is 4.23. The molecule has 0 aliphatic rings. The lowest BCUT2D eigenvalue weighted by Gasteiger charge is -2.12. The normalized spacial score (nSPS) is 11.2. The van der Waals surface area contributed by atoms with Gasteiger partial charge in [0.2, 0.25) is 0 Å². The van der Waals surface area contributed by atoms with Crippen molar-refractivity contribution < 1.29 is 17.9 Å². The standard InChI is InChI=1S/C25H28N2O4S/c1-4-31-17-21-10-8-20(9-11-21)16-26-25(28)22-12-14-23(15-13-22)32(29,30)27-24-7-5-6-18(2)19(24)3/h5-15,27H,4,16-17H2,1-3H3,(H,26,28). The van der Waals surface area contributed by atoms with Crippen molar-refractivity contribution in [2.45, 2.75) is 38.8 Å². The average Bonchev–Trinajstić information content (AvgIpc) is 2.80. The van der Waals surface area contributed by atoms with Crippen LogP contribution in [0.4, 0.5) is 5.69 Å². The van der Waals surface area contributed by atoms with Gasteiger partial charge in [-0.1, -0.05) is 36.4 Å². The number of benzene rings is 3. The number of aryl methyl sites for hydroxylation is 1. The highest BCUT2D eigenvalue weighted by molar-refractivity contribution is 7.92. The van der Waals surface area contributed by atoms with Crippen molar-refractivity contribution in [3.05, 3.63) is 94.5 Å². The summed E-state index contributed by atoms with van der Waals surface area (Å²) in [4.78, 5) is 12.6. The van der Waals surface area contributed by atoms with E-state index in [1.807, 2.05) is 51.1 Å². The molecule has 0 fully saturated rings. The number of nitrogens with one attached hydrogen (secondary N) is 2. The Balaban J connectivity index is 1.61. The monoisotopic (exact) mass is 452 g/mol. The number of rotatable bonds is 9. The Morgan fingerprint density at radius 2 is 1.56 bits per heavy atom. The lowest BCUT2D eigenvalue weighted by atomic mass is 10.1. The minimum absolute atomic E-state index is 0.0971. The largest absolute Gasteiger partial charge is 0.377 e. The molecule has 0 spiro atoms. The van der Waals surface area contributed by atoms with Gasteiger partial charge in [0, 0.05) is 18.7 Å². The zero-order chi connectivity index (χ0) is 23.1. The summed E-state index contributed by atoms with van der Waals surface area (Å²) < 4.78 is 33.5. The third kappa shape index (κ3) is 5.96. The van der Waals surface area contributed by atoms with Crippen LogP contribution in [0.5, 0.6) is 0 Å². The minimum Gasteiger partial charge on any atom is -0.377 e. The van der Waals surface area contributed by atoms with Crippen LogP contribution in [0.25, 0.3) is 0 Å². The van der Waals surface area contributed by atoms with Crippen molar-refractivity contribution in [1.29, 1.82) is 0 Å². The summed E-state index contributed by atoms with van der Waals surface area (Å²) in [6.07, 6.45) is 0. The summed E-state index contributed by atoms with van der Waals surface area (Å²) >= 11 is 0. The molecule has 0 aliphatic heterocycles. The van der Waals surface area contributed by atoms with Crippen LogP contribution in [0.15, 0.2) is 71.6 Å². The van der Waals surface area contributed by atoms with Gasteiger partial charge in [-0.15, -0.1) is 0 Å². The molecule has 168 valence electrons. The molecule has 7 heteroatoms. The van der Waals surface area contributed by atoms with E-state index < -0.39 is 10.0 Å². The van der Waals surface area contributed by atoms with Gasteiger partial charge < -0.3 is 10.1 Å². The summed E-state index contributed by atoms with van der Waals surface area (Å²) in [6.45, 7) is 7.36. The topological polar surface area (TPSA) is 84.5 Å². The van der Waals surface area contributed by atoms with E-state index in [9.17, 15) is 13.2 Å². The highest BCUT2D eigenvalue weighted by atomic mass is 32.2. The predicted octanol–water partition coefficient (Wildman–Crippen LogP) is 4.57. The van der Waals surface area contributed by atoms with E-state index in [2.05, 4.69) is 10.0 Å². The Morgan fingerprint density at radius 1 is 0.906 bits per heavy atom. The number of anilines is 1. The molecule has 3 aromatic rings. The van der Waals surface area contributed by atoms with E-state index in [1.54, 1.807) is 12.1 Å². The fourth-order valence-electron chi connectivity index (χ4n) is 3.11. The Kier molecular flexibility index (Phi) is 7.66. The average molecular weight is 453 g/mol. The van der Waals surface area contributed by atoms with Gasteiger partial charge in [-0.3, -0.25) is 9.52 Å². The quantitative estimate of drug-likeness (QED) is 0.498. The second kappa shape index (κ2) is 10.4. The third-order valence-electron chi connectivity index (χ3n) is 5.22. The van der Waals surface area contributed by atoms with Gasteiger partial charge in [0.05, 0.1) is 17.2 Å². The number of carbonyl (C=O) groups excluding carboxylic acids is 1. The first-order chi connectivity index (χ1) is 15.3. The molecule has 6 nitrogen and oxygen atoms in total. The van der Waals surface area contributed by atoms with Gasteiger partial charge in [0.1, 0.15) is 0 Å². The second-order valence-electron chi connectivity index (χ2n) is 7.51. The van der Waals surface area contributed by atoms with Crippen molar-refractivity contribution in [1.82, 2.24) is 5.32 Å². The molecule has 0 radical (unpaired) electrons. The molecule has 3 rings (SSSR count). The van der Waals surface area contributed by atoms with Gasteiger partial charge in [-0.25, -0.2) is 8.42 Å². The molecule has 0 saturated heterocycles. The van der Waals surface area contributed by atoms with Crippen molar-refractivity contribution in [3.63, 3.8) is 0 Å². The number of hydrogen-bond donors (Lipinski definition) is 2. The van der Waals surface area contributed by atoms with E-state index >= 15 is 0 Å².